The normalized spacial score (nSPS) is 11.7. The van der Waals surface area contributed by atoms with Crippen LogP contribution in [0.1, 0.15) is 11.1 Å². The molecule has 0 saturated carbocycles. The second kappa shape index (κ2) is 10.4. The fraction of sp³-hybridized carbons (Fsp3) is 0.174. The summed E-state index contributed by atoms with van der Waals surface area (Å²) in [4.78, 5) is 12.6. The molecule has 0 bridgehead atoms. The van der Waals surface area contributed by atoms with Gasteiger partial charge in [0.15, 0.2) is 0 Å². The minimum absolute atomic E-state index is 0.00150. The van der Waals surface area contributed by atoms with Crippen LogP contribution in [0.5, 0.6) is 0 Å². The van der Waals surface area contributed by atoms with Gasteiger partial charge >= 0.3 is 0 Å². The third-order valence-corrected chi connectivity index (χ3v) is 8.35. The molecule has 0 saturated heterocycles. The van der Waals surface area contributed by atoms with Gasteiger partial charge in [0.2, 0.25) is 15.9 Å². The summed E-state index contributed by atoms with van der Waals surface area (Å²) in [6, 6.07) is 15.4. The number of hydrogen-bond donors (Lipinski definition) is 2. The number of carbonyl (C=O) groups excluding carboxylic acids is 1. The molecule has 35 heavy (non-hydrogen) atoms. The van der Waals surface area contributed by atoms with Crippen LogP contribution in [0.2, 0.25) is 10.0 Å². The lowest BCUT2D eigenvalue weighted by atomic mass is 10.1. The number of sulfonamides is 2. The lowest BCUT2D eigenvalue weighted by molar-refractivity contribution is -0.114. The minimum Gasteiger partial charge on any atom is -0.325 e. The molecule has 0 radical (unpaired) electrons. The van der Waals surface area contributed by atoms with Crippen LogP contribution in [-0.4, -0.2) is 35.5 Å². The van der Waals surface area contributed by atoms with E-state index >= 15 is 0 Å². The number of hydrogen-bond acceptors (Lipinski definition) is 5. The van der Waals surface area contributed by atoms with Crippen LogP contribution in [0.15, 0.2) is 65.6 Å². The Labute approximate surface area is 215 Å². The highest BCUT2D eigenvalue weighted by Gasteiger charge is 2.24. The summed E-state index contributed by atoms with van der Waals surface area (Å²) < 4.78 is 53.7. The van der Waals surface area contributed by atoms with Crippen molar-refractivity contribution in [1.29, 1.82) is 0 Å². The van der Waals surface area contributed by atoms with Crippen molar-refractivity contribution < 1.29 is 21.6 Å². The number of benzene rings is 3. The fourth-order valence-corrected chi connectivity index (χ4v) is 5.80. The molecule has 0 atom stereocenters. The molecule has 0 aliphatic rings. The Hall–Kier alpha value is -2.79. The van der Waals surface area contributed by atoms with Gasteiger partial charge in [0.1, 0.15) is 6.54 Å². The summed E-state index contributed by atoms with van der Waals surface area (Å²) in [7, 11) is -7.73. The summed E-state index contributed by atoms with van der Waals surface area (Å²) in [5.41, 5.74) is 2.42. The Morgan fingerprint density at radius 3 is 2.03 bits per heavy atom. The van der Waals surface area contributed by atoms with Crippen LogP contribution >= 0.6 is 23.2 Å². The maximum atomic E-state index is 12.8. The molecule has 0 aromatic heterocycles. The fourth-order valence-electron chi connectivity index (χ4n) is 3.28. The molecule has 8 nitrogen and oxygen atoms in total. The third-order valence-electron chi connectivity index (χ3n) is 5.05. The van der Waals surface area contributed by atoms with Gasteiger partial charge in [-0.15, -0.1) is 0 Å². The first-order chi connectivity index (χ1) is 16.3. The highest BCUT2D eigenvalue weighted by atomic mass is 35.5. The highest BCUT2D eigenvalue weighted by Crippen LogP contribution is 2.33. The van der Waals surface area contributed by atoms with E-state index in [1.54, 1.807) is 26.0 Å². The summed E-state index contributed by atoms with van der Waals surface area (Å²) in [5.74, 6) is -0.657. The van der Waals surface area contributed by atoms with Crippen LogP contribution < -0.4 is 14.3 Å². The van der Waals surface area contributed by atoms with Crippen molar-refractivity contribution in [2.75, 3.05) is 27.1 Å². The van der Waals surface area contributed by atoms with Crippen LogP contribution in [-0.2, 0) is 24.8 Å². The second-order valence-electron chi connectivity index (χ2n) is 7.79. The van der Waals surface area contributed by atoms with Gasteiger partial charge in [-0.2, -0.15) is 0 Å². The number of halogens is 2. The quantitative estimate of drug-likeness (QED) is 0.413. The zero-order valence-electron chi connectivity index (χ0n) is 19.0. The van der Waals surface area contributed by atoms with Gasteiger partial charge in [-0.05, 0) is 61.4 Å². The van der Waals surface area contributed by atoms with Crippen molar-refractivity contribution in [2.45, 2.75) is 18.7 Å². The predicted octanol–water partition coefficient (Wildman–Crippen LogP) is 4.82. The number of amides is 1. The molecule has 3 aromatic carbocycles. The SMILES string of the molecule is Cc1cccc(C)c1NS(=O)(=O)c1ccc(NC(=O)CN(c2cccc(Cl)c2Cl)S(C)(=O)=O)cc1. The third kappa shape index (κ3) is 6.46. The number of aryl methyl sites for hydroxylation is 2. The van der Waals surface area contributed by atoms with Gasteiger partial charge in [0.25, 0.3) is 10.0 Å². The predicted molar refractivity (Wildman–Crippen MR) is 140 cm³/mol. The first-order valence-electron chi connectivity index (χ1n) is 10.2. The minimum atomic E-state index is -3.87. The van der Waals surface area contributed by atoms with E-state index in [2.05, 4.69) is 10.0 Å². The van der Waals surface area contributed by atoms with Crippen molar-refractivity contribution in [3.8, 4) is 0 Å². The van der Waals surface area contributed by atoms with Crippen molar-refractivity contribution in [2.24, 2.45) is 0 Å². The summed E-state index contributed by atoms with van der Waals surface area (Å²) >= 11 is 12.1. The molecule has 3 aromatic rings. The number of para-hydroxylation sites is 1. The highest BCUT2D eigenvalue weighted by molar-refractivity contribution is 7.92. The second-order valence-corrected chi connectivity index (χ2v) is 12.2. The Kier molecular flexibility index (Phi) is 8.00. The van der Waals surface area contributed by atoms with Crippen LogP contribution in [0.3, 0.4) is 0 Å². The Balaban J connectivity index is 1.76. The largest absolute Gasteiger partial charge is 0.325 e. The van der Waals surface area contributed by atoms with Crippen LogP contribution in [0, 0.1) is 13.8 Å². The lowest BCUT2D eigenvalue weighted by Gasteiger charge is -2.23. The molecule has 2 N–H and O–H groups in total. The molecule has 0 fully saturated rings. The van der Waals surface area contributed by atoms with Gasteiger partial charge in [-0.3, -0.25) is 13.8 Å². The van der Waals surface area contributed by atoms with Crippen LogP contribution in [0.4, 0.5) is 17.1 Å². The van der Waals surface area contributed by atoms with E-state index in [4.69, 9.17) is 23.2 Å². The van der Waals surface area contributed by atoms with E-state index < -0.39 is 32.5 Å². The first kappa shape index (κ1) is 26.8. The van der Waals surface area contributed by atoms with Crippen molar-refractivity contribution >= 4 is 66.2 Å². The molecule has 1 amide bonds. The number of rotatable bonds is 8. The maximum Gasteiger partial charge on any atom is 0.261 e. The van der Waals surface area contributed by atoms with Gasteiger partial charge in [-0.25, -0.2) is 16.8 Å². The molecule has 0 aliphatic carbocycles. The van der Waals surface area contributed by atoms with E-state index in [1.807, 2.05) is 6.07 Å². The molecular weight excluding hydrogens is 533 g/mol. The number of carbonyl (C=O) groups is 1. The zero-order valence-corrected chi connectivity index (χ0v) is 22.2. The van der Waals surface area contributed by atoms with Gasteiger partial charge in [-0.1, -0.05) is 47.5 Å². The average Bonchev–Trinajstić information content (AvgIpc) is 2.76. The zero-order chi connectivity index (χ0) is 26.0. The Bertz CT molecular complexity index is 1460. The molecule has 186 valence electrons. The number of nitrogens with one attached hydrogen (secondary N) is 2. The molecule has 0 unspecified atom stereocenters. The van der Waals surface area contributed by atoms with E-state index in [9.17, 15) is 21.6 Å². The topological polar surface area (TPSA) is 113 Å². The molecule has 0 aliphatic heterocycles. The smallest absolute Gasteiger partial charge is 0.261 e. The molecule has 0 spiro atoms. The summed E-state index contributed by atoms with van der Waals surface area (Å²) in [6.07, 6.45) is 0.945. The molecule has 3 rings (SSSR count). The Morgan fingerprint density at radius 2 is 1.46 bits per heavy atom. The van der Waals surface area contributed by atoms with Gasteiger partial charge < -0.3 is 5.32 Å². The van der Waals surface area contributed by atoms with Crippen LogP contribution in [0.25, 0.3) is 0 Å². The molecular formula is C23H23Cl2N3O5S2. The van der Waals surface area contributed by atoms with E-state index in [0.29, 0.717) is 5.69 Å². The lowest BCUT2D eigenvalue weighted by Crippen LogP contribution is -2.37. The van der Waals surface area contributed by atoms with E-state index in [-0.39, 0.29) is 26.3 Å². The monoisotopic (exact) mass is 555 g/mol. The van der Waals surface area contributed by atoms with Gasteiger partial charge in [0, 0.05) is 5.69 Å². The summed E-state index contributed by atoms with van der Waals surface area (Å²) in [5, 5.41) is 2.70. The van der Waals surface area contributed by atoms with Crippen molar-refractivity contribution in [3.63, 3.8) is 0 Å². The number of nitrogens with zero attached hydrogens (tertiary/aromatic N) is 1. The molecule has 12 heteroatoms. The first-order valence-corrected chi connectivity index (χ1v) is 14.3. The van der Waals surface area contributed by atoms with Crippen molar-refractivity contribution in [1.82, 2.24) is 0 Å². The Morgan fingerprint density at radius 1 is 0.886 bits per heavy atom. The standard InChI is InChI=1S/C23H23Cl2N3O5S2/c1-15-6-4-7-16(2)23(15)27-35(32,33)18-12-10-17(11-13-18)26-21(29)14-28(34(3,30)31)20-9-5-8-19(24)22(20)25/h4-13,27H,14H2,1-3H3,(H,26,29). The van der Waals surface area contributed by atoms with Crippen molar-refractivity contribution in [3.05, 3.63) is 81.8 Å². The summed E-state index contributed by atoms with van der Waals surface area (Å²) in [6.45, 7) is 3.05. The van der Waals surface area contributed by atoms with Gasteiger partial charge in [0.05, 0.1) is 32.6 Å². The number of anilines is 3. The average molecular weight is 556 g/mol. The van der Waals surface area contributed by atoms with E-state index in [0.717, 1.165) is 21.7 Å². The van der Waals surface area contributed by atoms with E-state index in [1.165, 1.54) is 42.5 Å². The molecule has 0 heterocycles. The maximum absolute atomic E-state index is 12.8.